The van der Waals surface area contributed by atoms with E-state index in [9.17, 15) is 18.8 Å². The normalized spacial score (nSPS) is 10.6. The average Bonchev–Trinajstić information content (AvgIpc) is 3.05. The summed E-state index contributed by atoms with van der Waals surface area (Å²) in [6.07, 6.45) is 0. The van der Waals surface area contributed by atoms with Crippen molar-refractivity contribution in [1.29, 1.82) is 0 Å². The van der Waals surface area contributed by atoms with E-state index in [0.29, 0.717) is 11.1 Å². The molecule has 160 valence electrons. The minimum atomic E-state index is -0.689. The van der Waals surface area contributed by atoms with E-state index in [1.54, 1.807) is 30.3 Å². The van der Waals surface area contributed by atoms with Gasteiger partial charge in [0.05, 0.1) is 18.2 Å². The number of Topliss-reactive ketones (excluding diaryl/α,β-unsaturated/α-hetero) is 2. The third-order valence-electron chi connectivity index (χ3n) is 4.97. The summed E-state index contributed by atoms with van der Waals surface area (Å²) >= 11 is 0. The number of benzene rings is 2. The van der Waals surface area contributed by atoms with Crippen molar-refractivity contribution in [3.63, 3.8) is 0 Å². The molecule has 0 saturated carbocycles. The molecule has 0 aliphatic carbocycles. The van der Waals surface area contributed by atoms with Gasteiger partial charge < -0.3 is 14.0 Å². The minimum Gasteiger partial charge on any atom is -0.485 e. The summed E-state index contributed by atoms with van der Waals surface area (Å²) in [4.78, 5) is 35.7. The monoisotopic (exact) mass is 423 g/mol. The fourth-order valence-electron chi connectivity index (χ4n) is 3.40. The Labute approximate surface area is 179 Å². The Balaban J connectivity index is 1.78. The lowest BCUT2D eigenvalue weighted by Crippen LogP contribution is -2.13. The highest BCUT2D eigenvalue weighted by atomic mass is 19.1. The Morgan fingerprint density at radius 3 is 2.23 bits per heavy atom. The Morgan fingerprint density at radius 2 is 1.65 bits per heavy atom. The molecular weight excluding hydrogens is 401 g/mol. The van der Waals surface area contributed by atoms with Gasteiger partial charge in [0.2, 0.25) is 5.78 Å². The van der Waals surface area contributed by atoms with E-state index in [0.717, 1.165) is 23.1 Å². The molecule has 3 aromatic rings. The van der Waals surface area contributed by atoms with E-state index in [4.69, 9.17) is 9.47 Å². The van der Waals surface area contributed by atoms with Gasteiger partial charge in [0, 0.05) is 28.7 Å². The number of aryl methyl sites for hydroxylation is 1. The quantitative estimate of drug-likeness (QED) is 0.414. The lowest BCUT2D eigenvalue weighted by atomic mass is 10.1. The van der Waals surface area contributed by atoms with Crippen LogP contribution >= 0.6 is 0 Å². The second kappa shape index (κ2) is 8.95. The first-order chi connectivity index (χ1) is 14.7. The molecule has 0 bridgehead atoms. The summed E-state index contributed by atoms with van der Waals surface area (Å²) in [7, 11) is 1.32. The zero-order valence-corrected chi connectivity index (χ0v) is 17.7. The first-order valence-corrected chi connectivity index (χ1v) is 9.57. The van der Waals surface area contributed by atoms with Gasteiger partial charge in [-0.15, -0.1) is 0 Å². The number of ether oxygens (including phenoxy) is 2. The minimum absolute atomic E-state index is 0.0274. The Morgan fingerprint density at radius 1 is 0.968 bits per heavy atom. The van der Waals surface area contributed by atoms with E-state index in [1.807, 2.05) is 18.4 Å². The van der Waals surface area contributed by atoms with Crippen LogP contribution in [0.25, 0.3) is 5.69 Å². The lowest BCUT2D eigenvalue weighted by molar-refractivity contribution is 0.0600. The number of hydrogen-bond donors (Lipinski definition) is 0. The SMILES string of the molecule is COC(=O)c1ccc(-n2c(C)cc(C(=O)COc3ccc(C(C)=O)c(F)c3)c2C)cc1. The summed E-state index contributed by atoms with van der Waals surface area (Å²) in [5.74, 6) is -1.59. The third-order valence-corrected chi connectivity index (χ3v) is 4.97. The first-order valence-electron chi connectivity index (χ1n) is 9.57. The maximum Gasteiger partial charge on any atom is 0.337 e. The molecule has 0 fully saturated rings. The number of halogens is 1. The van der Waals surface area contributed by atoms with Crippen LogP contribution < -0.4 is 4.74 Å². The van der Waals surface area contributed by atoms with Gasteiger partial charge >= 0.3 is 5.97 Å². The van der Waals surface area contributed by atoms with Crippen molar-refractivity contribution in [2.45, 2.75) is 20.8 Å². The number of rotatable bonds is 7. The average molecular weight is 423 g/mol. The summed E-state index contributed by atoms with van der Waals surface area (Å²) in [5, 5.41) is 0. The Hall–Kier alpha value is -3.74. The van der Waals surface area contributed by atoms with Crippen LogP contribution in [-0.2, 0) is 4.74 Å². The zero-order chi connectivity index (χ0) is 22.7. The molecule has 0 amide bonds. The van der Waals surface area contributed by atoms with Crippen LogP contribution in [0.15, 0.2) is 48.5 Å². The molecule has 6 nitrogen and oxygen atoms in total. The van der Waals surface area contributed by atoms with E-state index >= 15 is 0 Å². The highest BCUT2D eigenvalue weighted by molar-refractivity contribution is 5.99. The molecule has 0 saturated heterocycles. The molecule has 7 heteroatoms. The molecule has 0 aliphatic heterocycles. The summed E-state index contributed by atoms with van der Waals surface area (Å²) in [5.41, 5.74) is 3.24. The summed E-state index contributed by atoms with van der Waals surface area (Å²) in [6, 6.07) is 12.5. The van der Waals surface area contributed by atoms with Crippen molar-refractivity contribution in [3.05, 3.63) is 82.4 Å². The van der Waals surface area contributed by atoms with Gasteiger partial charge in [0.15, 0.2) is 12.4 Å². The van der Waals surface area contributed by atoms with Crippen LogP contribution in [-0.4, -0.2) is 35.8 Å². The zero-order valence-electron chi connectivity index (χ0n) is 17.7. The number of methoxy groups -OCH3 is 1. The number of hydrogen-bond acceptors (Lipinski definition) is 5. The van der Waals surface area contributed by atoms with Gasteiger partial charge in [0.25, 0.3) is 0 Å². The molecule has 31 heavy (non-hydrogen) atoms. The standard InChI is InChI=1S/C24H22FNO5/c1-14-11-21(15(2)26(14)18-7-5-17(6-8-18)24(29)30-4)23(28)13-31-19-9-10-20(16(3)27)22(25)12-19/h5-12H,13H2,1-4H3. The van der Waals surface area contributed by atoms with Crippen LogP contribution in [0.3, 0.4) is 0 Å². The number of nitrogens with zero attached hydrogens (tertiary/aromatic N) is 1. The van der Waals surface area contributed by atoms with Crippen molar-refractivity contribution in [1.82, 2.24) is 4.57 Å². The Bertz CT molecular complexity index is 1160. The number of carbonyl (C=O) groups excluding carboxylic acids is 3. The highest BCUT2D eigenvalue weighted by Crippen LogP contribution is 2.23. The molecular formula is C24H22FNO5. The lowest BCUT2D eigenvalue weighted by Gasteiger charge is -2.11. The molecule has 1 heterocycles. The topological polar surface area (TPSA) is 74.6 Å². The van der Waals surface area contributed by atoms with Gasteiger partial charge in [-0.2, -0.15) is 0 Å². The van der Waals surface area contributed by atoms with Crippen molar-refractivity contribution >= 4 is 17.5 Å². The second-order valence-electron chi connectivity index (χ2n) is 7.07. The molecule has 0 spiro atoms. The molecule has 0 N–H and O–H groups in total. The van der Waals surface area contributed by atoms with E-state index in [1.165, 1.54) is 26.2 Å². The fourth-order valence-corrected chi connectivity index (χ4v) is 3.40. The van der Waals surface area contributed by atoms with E-state index < -0.39 is 11.8 Å². The van der Waals surface area contributed by atoms with Crippen LogP contribution in [0, 0.1) is 19.7 Å². The van der Waals surface area contributed by atoms with Crippen LogP contribution in [0.1, 0.15) is 49.4 Å². The fraction of sp³-hybridized carbons (Fsp3) is 0.208. The third kappa shape index (κ3) is 4.55. The second-order valence-corrected chi connectivity index (χ2v) is 7.07. The predicted octanol–water partition coefficient (Wildman–Crippen LogP) is 4.48. The Kier molecular flexibility index (Phi) is 6.34. The van der Waals surface area contributed by atoms with Crippen molar-refractivity contribution in [3.8, 4) is 11.4 Å². The maximum absolute atomic E-state index is 13.9. The van der Waals surface area contributed by atoms with Crippen LogP contribution in [0.2, 0.25) is 0 Å². The molecule has 0 unspecified atom stereocenters. The molecule has 0 radical (unpaired) electrons. The van der Waals surface area contributed by atoms with Crippen molar-refractivity contribution < 1.29 is 28.2 Å². The van der Waals surface area contributed by atoms with Gasteiger partial charge in [-0.3, -0.25) is 9.59 Å². The van der Waals surface area contributed by atoms with Gasteiger partial charge in [-0.05, 0) is 63.2 Å². The first kappa shape index (κ1) is 22.0. The van der Waals surface area contributed by atoms with Crippen LogP contribution in [0.5, 0.6) is 5.75 Å². The van der Waals surface area contributed by atoms with Gasteiger partial charge in [-0.1, -0.05) is 0 Å². The summed E-state index contributed by atoms with van der Waals surface area (Å²) in [6.45, 7) is 4.69. The van der Waals surface area contributed by atoms with Crippen molar-refractivity contribution in [2.24, 2.45) is 0 Å². The molecule has 0 atom stereocenters. The molecule has 2 aromatic carbocycles. The number of carbonyl (C=O) groups is 3. The number of ketones is 2. The maximum atomic E-state index is 13.9. The summed E-state index contributed by atoms with van der Waals surface area (Å²) < 4.78 is 26.0. The van der Waals surface area contributed by atoms with E-state index in [2.05, 4.69) is 0 Å². The van der Waals surface area contributed by atoms with Gasteiger partial charge in [-0.25, -0.2) is 9.18 Å². The van der Waals surface area contributed by atoms with Crippen molar-refractivity contribution in [2.75, 3.05) is 13.7 Å². The van der Waals surface area contributed by atoms with Gasteiger partial charge in [0.1, 0.15) is 11.6 Å². The molecule has 0 aliphatic rings. The number of aromatic nitrogens is 1. The number of esters is 1. The largest absolute Gasteiger partial charge is 0.485 e. The van der Waals surface area contributed by atoms with E-state index in [-0.39, 0.29) is 29.5 Å². The highest BCUT2D eigenvalue weighted by Gasteiger charge is 2.18. The predicted molar refractivity (Wildman–Crippen MR) is 113 cm³/mol. The molecule has 1 aromatic heterocycles. The van der Waals surface area contributed by atoms with Crippen LogP contribution in [0.4, 0.5) is 4.39 Å². The smallest absolute Gasteiger partial charge is 0.337 e. The molecule has 3 rings (SSSR count).